The SMILES string of the molecule is C=Cc1ccc(-c2cc(-c3cccc(-c4nc5ccccn5c4-c4ccccc4)c3)cc(-c3ccc(C)nc3C)c2)cc1C=C.Cc1cccc(-c2cc(-c3cccc(-c4nc5ccccn5c4-c4ccccc4)c3)cc(-c3ccc4ccccc4c3)c2)n1.c1ccc(-c2c(-c3cccc(-c4cc(-c5ccncc5)cc(-c5ccc6ccccc6c5)c4)c3)nc3ccccn23)cc1. The van der Waals surface area contributed by atoms with E-state index in [-0.39, 0.29) is 0 Å². The van der Waals surface area contributed by atoms with E-state index in [0.717, 1.165) is 196 Å². The second kappa shape index (κ2) is 36.2. The van der Waals surface area contributed by atoms with Crippen LogP contribution in [0.15, 0.2) is 463 Å². The molecule has 0 aliphatic carbocycles. The Morgan fingerprint density at radius 3 is 0.962 bits per heavy atom. The molecular formula is C123H89N9. The van der Waals surface area contributed by atoms with Gasteiger partial charge in [0.25, 0.3) is 0 Å². The molecule has 9 heteroatoms. The van der Waals surface area contributed by atoms with Crippen LogP contribution in [0.2, 0.25) is 0 Å². The minimum Gasteiger partial charge on any atom is -0.299 e. The highest BCUT2D eigenvalue weighted by molar-refractivity contribution is 5.95. The quantitative estimate of drug-likeness (QED) is 0.0902. The average Bonchev–Trinajstić information content (AvgIpc) is 1.61. The van der Waals surface area contributed by atoms with E-state index in [1.807, 2.05) is 68.7 Å². The minimum atomic E-state index is 0.921. The number of aromatic nitrogens is 9. The van der Waals surface area contributed by atoms with E-state index in [9.17, 15) is 0 Å². The Morgan fingerprint density at radius 1 is 0.212 bits per heavy atom. The van der Waals surface area contributed by atoms with Gasteiger partial charge >= 0.3 is 0 Å². The van der Waals surface area contributed by atoms with E-state index in [1.165, 1.54) is 38.2 Å². The fourth-order valence-corrected chi connectivity index (χ4v) is 18.2. The van der Waals surface area contributed by atoms with Gasteiger partial charge in [0, 0.05) is 92.6 Å². The molecule has 132 heavy (non-hydrogen) atoms. The van der Waals surface area contributed by atoms with Crippen molar-refractivity contribution in [2.45, 2.75) is 20.8 Å². The molecule has 23 rings (SSSR count). The zero-order chi connectivity index (χ0) is 89.0. The summed E-state index contributed by atoms with van der Waals surface area (Å²) in [7, 11) is 0. The van der Waals surface area contributed by atoms with Crippen molar-refractivity contribution in [3.63, 3.8) is 0 Å². The maximum absolute atomic E-state index is 5.12. The molecule has 9 nitrogen and oxygen atoms in total. The van der Waals surface area contributed by atoms with Crippen LogP contribution in [-0.2, 0) is 0 Å². The highest BCUT2D eigenvalue weighted by Gasteiger charge is 2.23. The molecule has 9 heterocycles. The number of hydrogen-bond acceptors (Lipinski definition) is 6. The van der Waals surface area contributed by atoms with Crippen LogP contribution in [0.25, 0.3) is 218 Å². The molecule has 0 aliphatic rings. The van der Waals surface area contributed by atoms with Gasteiger partial charge in [-0.2, -0.15) is 0 Å². The molecule has 0 spiro atoms. The van der Waals surface area contributed by atoms with Gasteiger partial charge in [-0.15, -0.1) is 0 Å². The third-order valence-corrected chi connectivity index (χ3v) is 24.7. The summed E-state index contributed by atoms with van der Waals surface area (Å²) in [4.78, 5) is 29.3. The van der Waals surface area contributed by atoms with Crippen LogP contribution in [-0.4, -0.2) is 43.1 Å². The first-order valence-electron chi connectivity index (χ1n) is 44.5. The van der Waals surface area contributed by atoms with Gasteiger partial charge in [-0.25, -0.2) is 15.0 Å². The second-order valence-corrected chi connectivity index (χ2v) is 33.3. The van der Waals surface area contributed by atoms with Crippen LogP contribution < -0.4 is 0 Å². The van der Waals surface area contributed by atoms with Gasteiger partial charge in [-0.05, 0) is 295 Å². The number of imidazole rings is 3. The zero-order valence-corrected chi connectivity index (χ0v) is 73.3. The molecule has 0 radical (unpaired) electrons. The summed E-state index contributed by atoms with van der Waals surface area (Å²) in [6.45, 7) is 14.2. The minimum absolute atomic E-state index is 0.921. The predicted octanol–water partition coefficient (Wildman–Crippen LogP) is 31.7. The summed E-state index contributed by atoms with van der Waals surface area (Å²) >= 11 is 0. The fourth-order valence-electron chi connectivity index (χ4n) is 18.2. The number of benzene rings is 14. The first kappa shape index (κ1) is 81.6. The van der Waals surface area contributed by atoms with Crippen LogP contribution in [0.1, 0.15) is 28.2 Å². The smallest absolute Gasteiger partial charge is 0.137 e. The summed E-state index contributed by atoms with van der Waals surface area (Å²) in [6, 6.07) is 148. The van der Waals surface area contributed by atoms with Crippen LogP contribution >= 0.6 is 0 Å². The molecule has 0 saturated carbocycles. The van der Waals surface area contributed by atoms with Crippen LogP contribution in [0, 0.1) is 20.8 Å². The second-order valence-electron chi connectivity index (χ2n) is 33.3. The Hall–Kier alpha value is -17.4. The van der Waals surface area contributed by atoms with Crippen molar-refractivity contribution in [1.29, 1.82) is 0 Å². The fraction of sp³-hybridized carbons (Fsp3) is 0.0244. The standard InChI is InChI=1S/C42H33N3.C41H29N3.C40H27N3/c1-5-30-19-20-34(23-31(30)6-2)37-25-36(26-38(27-37)39-21-18-28(3)43-29(39)4)33-15-12-16-35(24-33)41-42(32-13-8-7-9-14-32)45-22-11-10-17-40(45)44-41;1-28-11-9-18-38(42-28)37-26-35(25-36(27-37)33-21-20-29-12-5-6-15-31(29)23-33)32-16-10-17-34(24-32)40-41(30-13-3-2-4-14-30)44-22-8-7-19-39(44)43-40;1-2-10-30(11-3-1)40-39(42-38-15-6-7-22-43(38)40)34-14-8-13-32(24-34)36-25-35(29-18-20-41-21-19-29)26-37(27-36)33-17-16-28-9-4-5-12-31(28)23-33/h5-27H,1-2H2,3-4H3;2-27H,1H3;1-27H. The number of pyridine rings is 6. The lowest BCUT2D eigenvalue weighted by Gasteiger charge is -2.14. The van der Waals surface area contributed by atoms with Crippen molar-refractivity contribution in [3.8, 4) is 168 Å². The van der Waals surface area contributed by atoms with E-state index in [4.69, 9.17) is 24.9 Å². The van der Waals surface area contributed by atoms with Crippen LogP contribution in [0.4, 0.5) is 0 Å². The number of aryl methyl sites for hydroxylation is 3. The first-order valence-corrected chi connectivity index (χ1v) is 44.5. The third-order valence-electron chi connectivity index (χ3n) is 24.7. The molecule has 626 valence electrons. The number of fused-ring (bicyclic) bond motifs is 5. The summed E-state index contributed by atoms with van der Waals surface area (Å²) in [5.74, 6) is 0. The number of rotatable bonds is 17. The Labute approximate surface area is 768 Å². The van der Waals surface area contributed by atoms with Gasteiger partial charge in [-0.3, -0.25) is 28.2 Å². The highest BCUT2D eigenvalue weighted by atomic mass is 15.0. The van der Waals surface area contributed by atoms with E-state index < -0.39 is 0 Å². The van der Waals surface area contributed by atoms with Gasteiger partial charge in [0.1, 0.15) is 16.9 Å². The van der Waals surface area contributed by atoms with Crippen LogP contribution in [0.5, 0.6) is 0 Å². The lowest BCUT2D eigenvalue weighted by molar-refractivity contribution is 1.13. The molecule has 0 unspecified atom stereocenters. The topological polar surface area (TPSA) is 90.6 Å². The van der Waals surface area contributed by atoms with Crippen molar-refractivity contribution in [2.75, 3.05) is 0 Å². The van der Waals surface area contributed by atoms with Crippen molar-refractivity contribution >= 4 is 50.6 Å². The van der Waals surface area contributed by atoms with Gasteiger partial charge < -0.3 is 0 Å². The van der Waals surface area contributed by atoms with Crippen molar-refractivity contribution in [2.24, 2.45) is 0 Å². The largest absolute Gasteiger partial charge is 0.299 e. The van der Waals surface area contributed by atoms with E-state index in [1.54, 1.807) is 0 Å². The average molecular weight is 1690 g/mol. The molecular weight excluding hydrogens is 1600 g/mol. The third kappa shape index (κ3) is 16.7. The number of nitrogens with zero attached hydrogens (tertiary/aromatic N) is 9. The van der Waals surface area contributed by atoms with Gasteiger partial charge in [0.05, 0.1) is 39.9 Å². The molecule has 0 N–H and O–H groups in total. The Bertz CT molecular complexity index is 8290. The molecule has 0 amide bonds. The molecule has 0 saturated heterocycles. The monoisotopic (exact) mass is 1690 g/mol. The predicted molar refractivity (Wildman–Crippen MR) is 550 cm³/mol. The lowest BCUT2D eigenvalue weighted by Crippen LogP contribution is -1.93. The Balaban J connectivity index is 0.000000119. The first-order chi connectivity index (χ1) is 65.0. The van der Waals surface area contributed by atoms with E-state index >= 15 is 0 Å². The van der Waals surface area contributed by atoms with E-state index in [2.05, 4.69) is 445 Å². The zero-order valence-electron chi connectivity index (χ0n) is 73.3. The molecule has 0 aliphatic heterocycles. The summed E-state index contributed by atoms with van der Waals surface area (Å²) in [6.07, 6.45) is 13.7. The van der Waals surface area contributed by atoms with Crippen molar-refractivity contribution < 1.29 is 0 Å². The molecule has 0 fully saturated rings. The number of hydrogen-bond donors (Lipinski definition) is 0. The highest BCUT2D eigenvalue weighted by Crippen LogP contribution is 2.44. The van der Waals surface area contributed by atoms with Crippen LogP contribution in [0.3, 0.4) is 0 Å². The Morgan fingerprint density at radius 2 is 0.545 bits per heavy atom. The Kier molecular flexibility index (Phi) is 22.4. The lowest BCUT2D eigenvalue weighted by atomic mass is 9.91. The van der Waals surface area contributed by atoms with E-state index in [0.29, 0.717) is 0 Å². The maximum Gasteiger partial charge on any atom is 0.137 e. The summed E-state index contributed by atoms with van der Waals surface area (Å²) in [5, 5.41) is 4.94. The molecule has 14 aromatic carbocycles. The summed E-state index contributed by atoms with van der Waals surface area (Å²) < 4.78 is 6.53. The maximum atomic E-state index is 5.12. The molecule has 0 bridgehead atoms. The van der Waals surface area contributed by atoms with Gasteiger partial charge in [-0.1, -0.05) is 286 Å². The van der Waals surface area contributed by atoms with Gasteiger partial charge in [0.2, 0.25) is 0 Å². The molecule has 9 aromatic heterocycles. The summed E-state index contributed by atoms with van der Waals surface area (Å²) in [5.41, 5.74) is 41.1. The van der Waals surface area contributed by atoms with Crippen molar-refractivity contribution in [3.05, 3.63) is 491 Å². The molecule has 0 atom stereocenters. The molecule has 23 aromatic rings. The van der Waals surface area contributed by atoms with Crippen molar-refractivity contribution in [1.82, 2.24) is 43.1 Å². The normalized spacial score (nSPS) is 11.2. The van der Waals surface area contributed by atoms with Gasteiger partial charge in [0.15, 0.2) is 0 Å².